The minimum absolute atomic E-state index is 0.0369. The van der Waals surface area contributed by atoms with Gasteiger partial charge >= 0.3 is 11.9 Å². The van der Waals surface area contributed by atoms with Crippen molar-refractivity contribution in [1.29, 1.82) is 0 Å². The van der Waals surface area contributed by atoms with Gasteiger partial charge in [-0.15, -0.1) is 0 Å². The van der Waals surface area contributed by atoms with Gasteiger partial charge in [-0.2, -0.15) is 0 Å². The molecule has 0 aliphatic heterocycles. The number of nitrogens with zero attached hydrogens (tertiary/aromatic N) is 1. The second-order valence-corrected chi connectivity index (χ2v) is 5.34. The molecule has 0 saturated carbocycles. The van der Waals surface area contributed by atoms with Gasteiger partial charge in [0.25, 0.3) is 0 Å². The lowest BCUT2D eigenvalue weighted by Crippen LogP contribution is -2.37. The summed E-state index contributed by atoms with van der Waals surface area (Å²) in [4.78, 5) is 29.3. The standard InChI is InChI=1S/C21H21NO4/c1-3-15-26-20(24)21(17-11-7-5-8-12-17,18-13-9-6-10-14-18)22-16-19(23)25-4-2/h3,5-14,16H,1,4,15H2,2H3. The highest BCUT2D eigenvalue weighted by atomic mass is 16.5. The van der Waals surface area contributed by atoms with Gasteiger partial charge in [-0.3, -0.25) is 4.99 Å². The van der Waals surface area contributed by atoms with Crippen LogP contribution in [0, 0.1) is 0 Å². The van der Waals surface area contributed by atoms with Crippen LogP contribution in [0.1, 0.15) is 18.1 Å². The summed E-state index contributed by atoms with van der Waals surface area (Å²) >= 11 is 0. The van der Waals surface area contributed by atoms with E-state index in [1.54, 1.807) is 55.5 Å². The zero-order valence-electron chi connectivity index (χ0n) is 14.6. The summed E-state index contributed by atoms with van der Waals surface area (Å²) < 4.78 is 10.2. The van der Waals surface area contributed by atoms with Gasteiger partial charge in [0.15, 0.2) is 0 Å². The molecular formula is C21H21NO4. The Balaban J connectivity index is 2.64. The van der Waals surface area contributed by atoms with Gasteiger partial charge < -0.3 is 9.47 Å². The topological polar surface area (TPSA) is 65.0 Å². The summed E-state index contributed by atoms with van der Waals surface area (Å²) in [7, 11) is 0. The van der Waals surface area contributed by atoms with Crippen LogP contribution in [0.15, 0.2) is 78.3 Å². The number of esters is 2. The zero-order valence-corrected chi connectivity index (χ0v) is 14.6. The molecular weight excluding hydrogens is 330 g/mol. The van der Waals surface area contributed by atoms with Crippen molar-refractivity contribution in [2.45, 2.75) is 12.5 Å². The molecule has 0 aliphatic carbocycles. The van der Waals surface area contributed by atoms with Gasteiger partial charge in [0.1, 0.15) is 12.8 Å². The van der Waals surface area contributed by atoms with Crippen molar-refractivity contribution in [2.75, 3.05) is 13.2 Å². The molecule has 0 N–H and O–H groups in total. The molecule has 5 heteroatoms. The maximum atomic E-state index is 13.1. The average molecular weight is 351 g/mol. The van der Waals surface area contributed by atoms with Crippen molar-refractivity contribution in [2.24, 2.45) is 4.99 Å². The third-order valence-corrected chi connectivity index (χ3v) is 3.66. The minimum atomic E-state index is -1.52. The highest BCUT2D eigenvalue weighted by Crippen LogP contribution is 2.35. The smallest absolute Gasteiger partial charge is 0.348 e. The first kappa shape index (κ1) is 19.1. The molecule has 134 valence electrons. The summed E-state index contributed by atoms with van der Waals surface area (Å²) in [6.45, 7) is 5.52. The molecule has 2 aromatic rings. The molecule has 0 aromatic heterocycles. The second kappa shape index (κ2) is 9.32. The Morgan fingerprint density at radius 3 is 2.00 bits per heavy atom. The van der Waals surface area contributed by atoms with Gasteiger partial charge in [-0.25, -0.2) is 9.59 Å². The third kappa shape index (κ3) is 4.25. The number of hydrogen-bond donors (Lipinski definition) is 0. The molecule has 0 aliphatic rings. The highest BCUT2D eigenvalue weighted by molar-refractivity contribution is 6.23. The quantitative estimate of drug-likeness (QED) is 0.416. The Morgan fingerprint density at radius 1 is 1.00 bits per heavy atom. The predicted molar refractivity (Wildman–Crippen MR) is 99.9 cm³/mol. The summed E-state index contributed by atoms with van der Waals surface area (Å²) in [6, 6.07) is 17.9. The molecule has 0 radical (unpaired) electrons. The number of carbonyl (C=O) groups is 2. The number of rotatable bonds is 8. The largest absolute Gasteiger partial charge is 0.462 e. The monoisotopic (exact) mass is 351 g/mol. The van der Waals surface area contributed by atoms with E-state index in [9.17, 15) is 9.59 Å². The molecule has 0 bridgehead atoms. The fourth-order valence-electron chi connectivity index (χ4n) is 2.53. The maximum absolute atomic E-state index is 13.1. The van der Waals surface area contributed by atoms with Crippen LogP contribution >= 0.6 is 0 Å². The molecule has 26 heavy (non-hydrogen) atoms. The van der Waals surface area contributed by atoms with Crippen LogP contribution in [0.25, 0.3) is 0 Å². The van der Waals surface area contributed by atoms with E-state index in [1.807, 2.05) is 12.1 Å². The summed E-state index contributed by atoms with van der Waals surface area (Å²) in [5.74, 6) is -1.23. The van der Waals surface area contributed by atoms with E-state index in [-0.39, 0.29) is 13.2 Å². The van der Waals surface area contributed by atoms with E-state index in [0.29, 0.717) is 11.1 Å². The molecule has 0 spiro atoms. The molecule has 2 rings (SSSR count). The molecule has 0 unspecified atom stereocenters. The van der Waals surface area contributed by atoms with Crippen LogP contribution in [0.4, 0.5) is 0 Å². The second-order valence-electron chi connectivity index (χ2n) is 5.34. The van der Waals surface area contributed by atoms with Crippen molar-refractivity contribution in [3.8, 4) is 0 Å². The summed E-state index contributed by atoms with van der Waals surface area (Å²) in [5, 5.41) is 0. The van der Waals surface area contributed by atoms with Crippen LogP contribution in [-0.4, -0.2) is 31.4 Å². The van der Waals surface area contributed by atoms with Gasteiger partial charge in [0.05, 0.1) is 6.61 Å². The molecule has 2 aromatic carbocycles. The molecule has 0 saturated heterocycles. The van der Waals surface area contributed by atoms with Gasteiger partial charge in [0.2, 0.25) is 5.54 Å². The Bertz CT molecular complexity index is 730. The van der Waals surface area contributed by atoms with E-state index in [1.165, 1.54) is 6.08 Å². The Labute approximate surface area is 153 Å². The van der Waals surface area contributed by atoms with Crippen LogP contribution in [0.5, 0.6) is 0 Å². The van der Waals surface area contributed by atoms with Crippen molar-refractivity contribution in [3.05, 3.63) is 84.4 Å². The fraction of sp³-hybridized carbons (Fsp3) is 0.190. The number of carbonyl (C=O) groups excluding carboxylic acids is 2. The Hall–Kier alpha value is -3.21. The van der Waals surface area contributed by atoms with Crippen molar-refractivity contribution >= 4 is 18.2 Å². The van der Waals surface area contributed by atoms with E-state index in [4.69, 9.17) is 9.47 Å². The van der Waals surface area contributed by atoms with Crippen LogP contribution < -0.4 is 0 Å². The summed E-state index contributed by atoms with van der Waals surface area (Å²) in [5.41, 5.74) is -0.347. The molecule has 0 amide bonds. The average Bonchev–Trinajstić information content (AvgIpc) is 2.68. The number of ether oxygens (including phenoxy) is 2. The van der Waals surface area contributed by atoms with E-state index < -0.39 is 17.5 Å². The van der Waals surface area contributed by atoms with Gasteiger partial charge in [-0.05, 0) is 18.1 Å². The van der Waals surface area contributed by atoms with Crippen LogP contribution in [0.2, 0.25) is 0 Å². The molecule has 0 heterocycles. The number of aliphatic imine (C=N–C) groups is 1. The maximum Gasteiger partial charge on any atom is 0.348 e. The Morgan fingerprint density at radius 2 is 1.54 bits per heavy atom. The summed E-state index contributed by atoms with van der Waals surface area (Å²) in [6.07, 6.45) is 2.51. The predicted octanol–water partition coefficient (Wildman–Crippen LogP) is 3.29. The van der Waals surface area contributed by atoms with Crippen LogP contribution in [0.3, 0.4) is 0 Å². The Kier molecular flexibility index (Phi) is 6.85. The fourth-order valence-corrected chi connectivity index (χ4v) is 2.53. The van der Waals surface area contributed by atoms with E-state index in [0.717, 1.165) is 6.21 Å². The molecule has 0 fully saturated rings. The van der Waals surface area contributed by atoms with E-state index >= 15 is 0 Å². The lowest BCUT2D eigenvalue weighted by molar-refractivity contribution is -0.147. The highest BCUT2D eigenvalue weighted by Gasteiger charge is 2.43. The van der Waals surface area contributed by atoms with E-state index in [2.05, 4.69) is 11.6 Å². The minimum Gasteiger partial charge on any atom is -0.462 e. The SMILES string of the molecule is C=CCOC(=O)C(N=CC(=O)OCC)(c1ccccc1)c1ccccc1. The number of benzene rings is 2. The van der Waals surface area contributed by atoms with Crippen LogP contribution in [-0.2, 0) is 24.6 Å². The first-order chi connectivity index (χ1) is 12.6. The van der Waals surface area contributed by atoms with Gasteiger partial charge in [-0.1, -0.05) is 73.3 Å². The third-order valence-electron chi connectivity index (χ3n) is 3.66. The van der Waals surface area contributed by atoms with Gasteiger partial charge in [0, 0.05) is 0 Å². The van der Waals surface area contributed by atoms with Crippen molar-refractivity contribution in [1.82, 2.24) is 0 Å². The zero-order chi connectivity index (χ0) is 18.8. The normalized spacial score (nSPS) is 11.1. The van der Waals surface area contributed by atoms with Crippen molar-refractivity contribution in [3.63, 3.8) is 0 Å². The number of hydrogen-bond acceptors (Lipinski definition) is 5. The van der Waals surface area contributed by atoms with Crippen molar-refractivity contribution < 1.29 is 19.1 Å². The lowest BCUT2D eigenvalue weighted by atomic mass is 9.83. The molecule has 0 atom stereocenters. The first-order valence-corrected chi connectivity index (χ1v) is 8.26. The first-order valence-electron chi connectivity index (χ1n) is 8.26. The lowest BCUT2D eigenvalue weighted by Gasteiger charge is -2.28. The molecule has 5 nitrogen and oxygen atoms in total.